The number of rotatable bonds is 9. The summed E-state index contributed by atoms with van der Waals surface area (Å²) in [7, 11) is 0. The molecule has 0 aromatic heterocycles. The lowest BCUT2D eigenvalue weighted by molar-refractivity contribution is 0.396. The van der Waals surface area contributed by atoms with Crippen molar-refractivity contribution in [2.75, 3.05) is 5.75 Å². The van der Waals surface area contributed by atoms with Gasteiger partial charge in [-0.25, -0.2) is 4.39 Å². The van der Waals surface area contributed by atoms with Gasteiger partial charge in [0.2, 0.25) is 0 Å². The van der Waals surface area contributed by atoms with Crippen molar-refractivity contribution < 1.29 is 4.39 Å². The SMILES string of the molecule is CCCCC(CC)CC(N)CSc1ccc(F)cc1. The normalized spacial score (nSPS) is 14.3. The van der Waals surface area contributed by atoms with Crippen molar-refractivity contribution in [1.29, 1.82) is 0 Å². The van der Waals surface area contributed by atoms with Crippen molar-refractivity contribution in [2.24, 2.45) is 11.7 Å². The fourth-order valence-corrected chi connectivity index (χ4v) is 3.08. The molecule has 0 amide bonds. The van der Waals surface area contributed by atoms with Crippen LogP contribution in [-0.2, 0) is 0 Å². The van der Waals surface area contributed by atoms with E-state index in [0.717, 1.165) is 23.0 Å². The van der Waals surface area contributed by atoms with Crippen LogP contribution in [0.15, 0.2) is 29.2 Å². The standard InChI is InChI=1S/C16H26FNS/c1-3-5-6-13(4-2)11-15(18)12-19-16-9-7-14(17)8-10-16/h7-10,13,15H,3-6,11-12,18H2,1-2H3. The summed E-state index contributed by atoms with van der Waals surface area (Å²) in [6, 6.07) is 6.88. The number of halogens is 1. The quantitative estimate of drug-likeness (QED) is 0.655. The van der Waals surface area contributed by atoms with Crippen LogP contribution in [0.2, 0.25) is 0 Å². The van der Waals surface area contributed by atoms with Gasteiger partial charge < -0.3 is 5.73 Å². The molecule has 0 aliphatic heterocycles. The first-order valence-corrected chi connectivity index (χ1v) is 8.28. The Morgan fingerprint density at radius 1 is 1.21 bits per heavy atom. The number of unbranched alkanes of at least 4 members (excludes halogenated alkanes) is 1. The van der Waals surface area contributed by atoms with E-state index in [4.69, 9.17) is 5.73 Å². The van der Waals surface area contributed by atoms with E-state index in [9.17, 15) is 4.39 Å². The Kier molecular flexibility index (Phi) is 8.15. The Morgan fingerprint density at radius 2 is 1.89 bits per heavy atom. The average Bonchev–Trinajstić information content (AvgIpc) is 2.42. The van der Waals surface area contributed by atoms with E-state index in [1.54, 1.807) is 11.8 Å². The minimum Gasteiger partial charge on any atom is -0.327 e. The molecule has 1 nitrogen and oxygen atoms in total. The lowest BCUT2D eigenvalue weighted by Gasteiger charge is -2.19. The molecule has 0 heterocycles. The van der Waals surface area contributed by atoms with E-state index >= 15 is 0 Å². The first-order chi connectivity index (χ1) is 9.15. The van der Waals surface area contributed by atoms with Crippen molar-refractivity contribution in [3.8, 4) is 0 Å². The summed E-state index contributed by atoms with van der Waals surface area (Å²) in [6.45, 7) is 4.48. The largest absolute Gasteiger partial charge is 0.327 e. The van der Waals surface area contributed by atoms with Crippen LogP contribution in [0.25, 0.3) is 0 Å². The minimum atomic E-state index is -0.181. The smallest absolute Gasteiger partial charge is 0.123 e. The summed E-state index contributed by atoms with van der Waals surface area (Å²) in [5.41, 5.74) is 6.20. The van der Waals surface area contributed by atoms with Gasteiger partial charge in [-0.05, 0) is 36.6 Å². The van der Waals surface area contributed by atoms with Gasteiger partial charge in [-0.2, -0.15) is 0 Å². The molecule has 0 aliphatic carbocycles. The first kappa shape index (κ1) is 16.5. The summed E-state index contributed by atoms with van der Waals surface area (Å²) in [6.07, 6.45) is 6.17. The molecule has 0 spiro atoms. The molecule has 2 unspecified atom stereocenters. The maximum absolute atomic E-state index is 12.8. The van der Waals surface area contributed by atoms with E-state index < -0.39 is 0 Å². The second kappa shape index (κ2) is 9.38. The monoisotopic (exact) mass is 283 g/mol. The highest BCUT2D eigenvalue weighted by atomic mass is 32.2. The van der Waals surface area contributed by atoms with Gasteiger partial charge in [0.25, 0.3) is 0 Å². The third kappa shape index (κ3) is 6.98. The average molecular weight is 283 g/mol. The Morgan fingerprint density at radius 3 is 2.47 bits per heavy atom. The topological polar surface area (TPSA) is 26.0 Å². The Hall–Kier alpha value is -0.540. The Balaban J connectivity index is 2.29. The lowest BCUT2D eigenvalue weighted by Crippen LogP contribution is -2.26. The zero-order valence-corrected chi connectivity index (χ0v) is 12.9. The van der Waals surface area contributed by atoms with Crippen LogP contribution in [0.3, 0.4) is 0 Å². The van der Waals surface area contributed by atoms with Crippen molar-refractivity contribution >= 4 is 11.8 Å². The fraction of sp³-hybridized carbons (Fsp3) is 0.625. The fourth-order valence-electron chi connectivity index (χ4n) is 2.21. The molecule has 0 fully saturated rings. The summed E-state index contributed by atoms with van der Waals surface area (Å²) in [5, 5.41) is 0. The molecule has 0 aliphatic rings. The second-order valence-corrected chi connectivity index (χ2v) is 6.27. The third-order valence-electron chi connectivity index (χ3n) is 3.46. The van der Waals surface area contributed by atoms with Crippen molar-refractivity contribution in [2.45, 2.75) is 56.9 Å². The summed E-state index contributed by atoms with van der Waals surface area (Å²) in [5.74, 6) is 1.48. The van der Waals surface area contributed by atoms with Crippen LogP contribution in [0.1, 0.15) is 46.0 Å². The molecule has 3 heteroatoms. The highest BCUT2D eigenvalue weighted by Crippen LogP contribution is 2.23. The molecule has 0 saturated carbocycles. The van der Waals surface area contributed by atoms with Gasteiger partial charge >= 0.3 is 0 Å². The molecule has 0 bridgehead atoms. The predicted molar refractivity (Wildman–Crippen MR) is 83.0 cm³/mol. The summed E-state index contributed by atoms with van der Waals surface area (Å²) in [4.78, 5) is 1.10. The van der Waals surface area contributed by atoms with Crippen LogP contribution in [0.5, 0.6) is 0 Å². The van der Waals surface area contributed by atoms with Crippen LogP contribution < -0.4 is 5.73 Å². The molecular formula is C16H26FNS. The molecule has 1 aromatic carbocycles. The van der Waals surface area contributed by atoms with E-state index in [0.29, 0.717) is 0 Å². The second-order valence-electron chi connectivity index (χ2n) is 5.18. The van der Waals surface area contributed by atoms with E-state index in [1.165, 1.54) is 37.8 Å². The van der Waals surface area contributed by atoms with Crippen LogP contribution in [0.4, 0.5) is 4.39 Å². The molecule has 19 heavy (non-hydrogen) atoms. The van der Waals surface area contributed by atoms with Crippen LogP contribution >= 0.6 is 11.8 Å². The number of nitrogens with two attached hydrogens (primary N) is 1. The molecule has 2 atom stereocenters. The van der Waals surface area contributed by atoms with E-state index in [1.807, 2.05) is 12.1 Å². The molecule has 0 saturated heterocycles. The molecule has 1 rings (SSSR count). The van der Waals surface area contributed by atoms with Gasteiger partial charge in [0.1, 0.15) is 5.82 Å². The summed E-state index contributed by atoms with van der Waals surface area (Å²) < 4.78 is 12.8. The number of thioether (sulfide) groups is 1. The molecule has 1 aromatic rings. The van der Waals surface area contributed by atoms with Gasteiger partial charge in [0, 0.05) is 16.7 Å². The Bertz CT molecular complexity index is 339. The van der Waals surface area contributed by atoms with Gasteiger partial charge in [0.05, 0.1) is 0 Å². The maximum Gasteiger partial charge on any atom is 0.123 e. The maximum atomic E-state index is 12.8. The zero-order valence-electron chi connectivity index (χ0n) is 12.1. The van der Waals surface area contributed by atoms with Gasteiger partial charge in [-0.15, -0.1) is 11.8 Å². The molecular weight excluding hydrogens is 257 g/mol. The predicted octanol–water partition coefficient (Wildman–Crippen LogP) is 4.85. The Labute approximate surface area is 121 Å². The molecule has 0 radical (unpaired) electrons. The van der Waals surface area contributed by atoms with Gasteiger partial charge in [-0.1, -0.05) is 39.5 Å². The highest BCUT2D eigenvalue weighted by Gasteiger charge is 2.12. The highest BCUT2D eigenvalue weighted by molar-refractivity contribution is 7.99. The third-order valence-corrected chi connectivity index (χ3v) is 4.66. The minimum absolute atomic E-state index is 0.181. The van der Waals surface area contributed by atoms with E-state index in [-0.39, 0.29) is 11.9 Å². The lowest BCUT2D eigenvalue weighted by atomic mass is 9.93. The summed E-state index contributed by atoms with van der Waals surface area (Å²) >= 11 is 1.72. The van der Waals surface area contributed by atoms with Gasteiger partial charge in [0.15, 0.2) is 0 Å². The van der Waals surface area contributed by atoms with Crippen LogP contribution in [-0.4, -0.2) is 11.8 Å². The number of benzene rings is 1. The van der Waals surface area contributed by atoms with Crippen molar-refractivity contribution in [3.63, 3.8) is 0 Å². The zero-order chi connectivity index (χ0) is 14.1. The number of hydrogen-bond acceptors (Lipinski definition) is 2. The van der Waals surface area contributed by atoms with E-state index in [2.05, 4.69) is 13.8 Å². The molecule has 2 N–H and O–H groups in total. The van der Waals surface area contributed by atoms with Crippen molar-refractivity contribution in [3.05, 3.63) is 30.1 Å². The number of hydrogen-bond donors (Lipinski definition) is 1. The first-order valence-electron chi connectivity index (χ1n) is 7.29. The van der Waals surface area contributed by atoms with Crippen LogP contribution in [0, 0.1) is 11.7 Å². The van der Waals surface area contributed by atoms with Gasteiger partial charge in [-0.3, -0.25) is 0 Å². The molecule has 108 valence electrons. The van der Waals surface area contributed by atoms with Crippen molar-refractivity contribution in [1.82, 2.24) is 0 Å².